The lowest BCUT2D eigenvalue weighted by Crippen LogP contribution is -2.44. The maximum atomic E-state index is 12.1. The summed E-state index contributed by atoms with van der Waals surface area (Å²) < 4.78 is 23.6. The third-order valence-electron chi connectivity index (χ3n) is 3.88. The summed E-state index contributed by atoms with van der Waals surface area (Å²) in [6.07, 6.45) is 2.16. The Labute approximate surface area is 145 Å². The molecule has 1 fully saturated rings. The average molecular weight is 375 g/mol. The average Bonchev–Trinajstić information content (AvgIpc) is 3.14. The molecule has 0 radical (unpaired) electrons. The first-order valence-electron chi connectivity index (χ1n) is 7.54. The van der Waals surface area contributed by atoms with Crippen LogP contribution in [0.25, 0.3) is 0 Å². The van der Waals surface area contributed by atoms with E-state index < -0.39 is 22.1 Å². The van der Waals surface area contributed by atoms with Crippen molar-refractivity contribution in [2.75, 3.05) is 32.5 Å². The fourth-order valence-electron chi connectivity index (χ4n) is 2.60. The zero-order valence-corrected chi connectivity index (χ0v) is 15.0. The molecule has 0 bridgehead atoms. The third-order valence-corrected chi connectivity index (χ3v) is 5.72. The van der Waals surface area contributed by atoms with Gasteiger partial charge in [-0.3, -0.25) is 0 Å². The van der Waals surface area contributed by atoms with Crippen LogP contribution in [-0.2, 0) is 10.0 Å². The molecule has 0 spiro atoms. The molecular formula is C14H21N3O5S2. The van der Waals surface area contributed by atoms with Gasteiger partial charge in [0, 0.05) is 13.2 Å². The Bertz CT molecular complexity index is 675. The first-order valence-corrected chi connectivity index (χ1v) is 10.3. The second-order valence-corrected chi connectivity index (χ2v) is 8.24. The molecule has 1 saturated heterocycles. The van der Waals surface area contributed by atoms with Crippen molar-refractivity contribution in [2.24, 2.45) is 0 Å². The van der Waals surface area contributed by atoms with Crippen LogP contribution >= 0.6 is 11.3 Å². The topological polar surface area (TPSA) is 107 Å². The maximum Gasteiger partial charge on any atom is 0.341 e. The summed E-state index contributed by atoms with van der Waals surface area (Å²) in [5, 5.41) is 15.8. The van der Waals surface area contributed by atoms with Crippen LogP contribution in [0.5, 0.6) is 0 Å². The lowest BCUT2D eigenvalue weighted by atomic mass is 9.95. The van der Waals surface area contributed by atoms with Crippen LogP contribution in [0.1, 0.15) is 24.3 Å². The van der Waals surface area contributed by atoms with Crippen LogP contribution < -0.4 is 5.32 Å². The number of nitrogens with zero attached hydrogens (tertiary/aromatic N) is 2. The van der Waals surface area contributed by atoms with Gasteiger partial charge in [0.25, 0.3) is 0 Å². The Hall–Kier alpha value is -1.65. The monoisotopic (exact) mass is 375 g/mol. The van der Waals surface area contributed by atoms with Gasteiger partial charge in [0.1, 0.15) is 0 Å². The van der Waals surface area contributed by atoms with Crippen LogP contribution in [0.2, 0.25) is 0 Å². The normalized spacial score (nSPS) is 16.5. The van der Waals surface area contributed by atoms with Crippen molar-refractivity contribution in [1.29, 1.82) is 0 Å². The third kappa shape index (κ3) is 4.46. The number of rotatable bonds is 7. The van der Waals surface area contributed by atoms with E-state index >= 15 is 0 Å². The molecule has 24 heavy (non-hydrogen) atoms. The Morgan fingerprint density at radius 2 is 2.17 bits per heavy atom. The molecule has 0 aromatic carbocycles. The summed E-state index contributed by atoms with van der Waals surface area (Å²) in [6.45, 7) is 0.417. The molecule has 2 rings (SSSR count). The summed E-state index contributed by atoms with van der Waals surface area (Å²) in [4.78, 5) is 24.9. The minimum Gasteiger partial charge on any atom is -0.396 e. The van der Waals surface area contributed by atoms with E-state index in [1.165, 1.54) is 0 Å². The van der Waals surface area contributed by atoms with E-state index in [9.17, 15) is 18.0 Å². The minimum atomic E-state index is -3.65. The zero-order chi connectivity index (χ0) is 17.7. The lowest BCUT2D eigenvalue weighted by molar-refractivity contribution is 0.193. The molecule has 8 nitrogen and oxygen atoms in total. The van der Waals surface area contributed by atoms with Gasteiger partial charge in [-0.15, -0.1) is 0 Å². The van der Waals surface area contributed by atoms with Gasteiger partial charge in [-0.2, -0.15) is 11.3 Å². The highest BCUT2D eigenvalue weighted by Gasteiger charge is 2.37. The molecule has 2 N–H and O–H groups in total. The highest BCUT2D eigenvalue weighted by atomic mass is 32.2. The van der Waals surface area contributed by atoms with E-state index in [2.05, 4.69) is 5.32 Å². The predicted molar refractivity (Wildman–Crippen MR) is 90.4 cm³/mol. The molecule has 10 heteroatoms. The SMILES string of the molecule is CS(=O)(=O)N1CCN(C(=O)NCC[C@@H](CCO)c2ccsc2)C1=O. The molecule has 134 valence electrons. The molecule has 1 aliphatic rings. The molecule has 0 aliphatic carbocycles. The highest BCUT2D eigenvalue weighted by molar-refractivity contribution is 7.88. The first kappa shape index (κ1) is 18.7. The second kappa shape index (κ2) is 7.95. The highest BCUT2D eigenvalue weighted by Crippen LogP contribution is 2.24. The summed E-state index contributed by atoms with van der Waals surface area (Å²) >= 11 is 1.57. The van der Waals surface area contributed by atoms with Crippen molar-refractivity contribution in [3.63, 3.8) is 0 Å². The van der Waals surface area contributed by atoms with Crippen molar-refractivity contribution in [1.82, 2.24) is 14.5 Å². The molecule has 2 heterocycles. The van der Waals surface area contributed by atoms with Crippen LogP contribution in [0, 0.1) is 0 Å². The number of urea groups is 2. The van der Waals surface area contributed by atoms with Gasteiger partial charge >= 0.3 is 12.1 Å². The van der Waals surface area contributed by atoms with Crippen LogP contribution in [-0.4, -0.2) is 67.3 Å². The van der Waals surface area contributed by atoms with Crippen LogP contribution in [0.4, 0.5) is 9.59 Å². The lowest BCUT2D eigenvalue weighted by Gasteiger charge is -2.18. The molecule has 0 saturated carbocycles. The Morgan fingerprint density at radius 3 is 2.71 bits per heavy atom. The summed E-state index contributed by atoms with van der Waals surface area (Å²) in [6, 6.07) is 0.569. The molecule has 1 aliphatic heterocycles. The summed E-state index contributed by atoms with van der Waals surface area (Å²) in [7, 11) is -3.65. The second-order valence-electron chi connectivity index (χ2n) is 5.56. The Kier molecular flexibility index (Phi) is 6.19. The summed E-state index contributed by atoms with van der Waals surface area (Å²) in [5.41, 5.74) is 1.11. The van der Waals surface area contributed by atoms with Gasteiger partial charge in [0.05, 0.1) is 19.3 Å². The molecule has 0 unspecified atom stereocenters. The van der Waals surface area contributed by atoms with Crippen LogP contribution in [0.15, 0.2) is 16.8 Å². The van der Waals surface area contributed by atoms with Gasteiger partial charge in [0.2, 0.25) is 10.0 Å². The number of carbonyl (C=O) groups is 2. The molecule has 4 amide bonds. The van der Waals surface area contributed by atoms with Gasteiger partial charge in [-0.25, -0.2) is 27.2 Å². The number of aliphatic hydroxyl groups excluding tert-OH is 1. The van der Waals surface area contributed by atoms with E-state index in [4.69, 9.17) is 5.11 Å². The standard InChI is InChI=1S/C14H21N3O5S2/c1-24(21,22)17-7-6-16(14(17)20)13(19)15-5-2-11(3-8-18)12-4-9-23-10-12/h4,9-11,18H,2-3,5-8H2,1H3,(H,15,19)/t11-/m0/s1. The quantitative estimate of drug-likeness (QED) is 0.740. The van der Waals surface area contributed by atoms with E-state index in [-0.39, 0.29) is 25.6 Å². The number of amides is 4. The molecule has 1 atom stereocenters. The Balaban J connectivity index is 1.86. The zero-order valence-electron chi connectivity index (χ0n) is 13.3. The van der Waals surface area contributed by atoms with Gasteiger partial charge < -0.3 is 10.4 Å². The number of hydrogen-bond acceptors (Lipinski definition) is 6. The Morgan fingerprint density at radius 1 is 1.42 bits per heavy atom. The smallest absolute Gasteiger partial charge is 0.341 e. The van der Waals surface area contributed by atoms with E-state index in [0.29, 0.717) is 23.7 Å². The number of imide groups is 1. The van der Waals surface area contributed by atoms with Gasteiger partial charge in [-0.1, -0.05) is 0 Å². The van der Waals surface area contributed by atoms with Gasteiger partial charge in [-0.05, 0) is 41.1 Å². The van der Waals surface area contributed by atoms with Crippen molar-refractivity contribution in [3.05, 3.63) is 22.4 Å². The number of sulfonamides is 1. The van der Waals surface area contributed by atoms with Crippen molar-refractivity contribution >= 4 is 33.4 Å². The molecule has 1 aromatic rings. The molecular weight excluding hydrogens is 354 g/mol. The number of thiophene rings is 1. The number of hydrogen-bond donors (Lipinski definition) is 2. The van der Waals surface area contributed by atoms with Crippen LogP contribution in [0.3, 0.4) is 0 Å². The van der Waals surface area contributed by atoms with E-state index in [0.717, 1.165) is 16.7 Å². The van der Waals surface area contributed by atoms with Gasteiger partial charge in [0.15, 0.2) is 0 Å². The number of nitrogens with one attached hydrogen (secondary N) is 1. The largest absolute Gasteiger partial charge is 0.396 e. The minimum absolute atomic E-state index is 0.0207. The van der Waals surface area contributed by atoms with E-state index in [1.54, 1.807) is 11.3 Å². The van der Waals surface area contributed by atoms with Crippen molar-refractivity contribution in [2.45, 2.75) is 18.8 Å². The fraction of sp³-hybridized carbons (Fsp3) is 0.571. The summed E-state index contributed by atoms with van der Waals surface area (Å²) in [5.74, 6) is 0.128. The first-order chi connectivity index (χ1) is 11.3. The molecule has 1 aromatic heterocycles. The van der Waals surface area contributed by atoms with E-state index in [1.807, 2.05) is 16.8 Å². The number of carbonyl (C=O) groups excluding carboxylic acids is 2. The van der Waals surface area contributed by atoms with Crippen molar-refractivity contribution < 1.29 is 23.1 Å². The predicted octanol–water partition coefficient (Wildman–Crippen LogP) is 1.01. The van der Waals surface area contributed by atoms with Crippen molar-refractivity contribution in [3.8, 4) is 0 Å². The fourth-order valence-corrected chi connectivity index (χ4v) is 4.14. The maximum absolute atomic E-state index is 12.1. The number of aliphatic hydroxyl groups is 1.